The minimum absolute atomic E-state index is 0.0259. The molecule has 0 bridgehead atoms. The highest BCUT2D eigenvalue weighted by molar-refractivity contribution is 6.00. The number of benzene rings is 3. The van der Waals surface area contributed by atoms with E-state index < -0.39 is 11.6 Å². The summed E-state index contributed by atoms with van der Waals surface area (Å²) in [5, 5.41) is 8.49. The maximum absolute atomic E-state index is 15.0. The molecule has 1 aliphatic heterocycles. The number of amides is 2. The van der Waals surface area contributed by atoms with Gasteiger partial charge < -0.3 is 19.7 Å². The van der Waals surface area contributed by atoms with Crippen LogP contribution >= 0.6 is 0 Å². The van der Waals surface area contributed by atoms with Gasteiger partial charge in [-0.3, -0.25) is 14.3 Å². The van der Waals surface area contributed by atoms with Crippen LogP contribution in [0.2, 0.25) is 0 Å². The molecule has 1 N–H and O–H groups in total. The molecule has 1 saturated heterocycles. The predicted octanol–water partition coefficient (Wildman–Crippen LogP) is 5.23. The van der Waals surface area contributed by atoms with Crippen LogP contribution in [0.5, 0.6) is 5.75 Å². The van der Waals surface area contributed by atoms with Crippen LogP contribution < -0.4 is 10.1 Å². The summed E-state index contributed by atoms with van der Waals surface area (Å²) >= 11 is 0. The molecule has 10 heteroatoms. The molecule has 220 valence electrons. The minimum Gasteiger partial charge on any atom is -0.497 e. The molecule has 0 atom stereocenters. The lowest BCUT2D eigenvalue weighted by Gasteiger charge is -2.32. The Kier molecular flexibility index (Phi) is 8.82. The van der Waals surface area contributed by atoms with E-state index in [2.05, 4.69) is 5.32 Å². The number of carbonyl (C=O) groups is 2. The fraction of sp³-hybridized carbons (Fsp3) is 0.344. The van der Waals surface area contributed by atoms with Crippen LogP contribution in [0.4, 0.5) is 8.78 Å². The van der Waals surface area contributed by atoms with Crippen LogP contribution in [0.1, 0.15) is 39.1 Å². The van der Waals surface area contributed by atoms with Crippen molar-refractivity contribution in [1.29, 1.82) is 0 Å². The lowest BCUT2D eigenvalue weighted by molar-refractivity contribution is 0.0676. The van der Waals surface area contributed by atoms with Gasteiger partial charge >= 0.3 is 0 Å². The topological polar surface area (TPSA) is 85.7 Å². The molecule has 5 rings (SSSR count). The van der Waals surface area contributed by atoms with Crippen LogP contribution in [-0.2, 0) is 11.3 Å². The zero-order chi connectivity index (χ0) is 29.8. The van der Waals surface area contributed by atoms with Crippen molar-refractivity contribution < 1.29 is 27.8 Å². The number of halogens is 2. The van der Waals surface area contributed by atoms with Crippen molar-refractivity contribution in [2.24, 2.45) is 5.92 Å². The molecule has 2 heterocycles. The number of hydrogen-bond acceptors (Lipinski definition) is 5. The fourth-order valence-electron chi connectivity index (χ4n) is 5.45. The van der Waals surface area contributed by atoms with Gasteiger partial charge in [-0.05, 0) is 73.2 Å². The molecular weight excluding hydrogens is 542 g/mol. The molecule has 2 amide bonds. The third-order valence-electron chi connectivity index (χ3n) is 7.88. The molecular formula is C32H34F2N4O4. The molecule has 4 aromatic rings. The van der Waals surface area contributed by atoms with Crippen LogP contribution in [0, 0.1) is 24.5 Å². The van der Waals surface area contributed by atoms with E-state index in [9.17, 15) is 14.0 Å². The summed E-state index contributed by atoms with van der Waals surface area (Å²) in [6.45, 7) is 4.50. The Bertz CT molecular complexity index is 1610. The van der Waals surface area contributed by atoms with Gasteiger partial charge in [0.25, 0.3) is 11.8 Å². The van der Waals surface area contributed by atoms with E-state index in [0.29, 0.717) is 55.6 Å². The van der Waals surface area contributed by atoms with Crippen molar-refractivity contribution in [3.63, 3.8) is 0 Å². The van der Waals surface area contributed by atoms with Crippen molar-refractivity contribution in [3.8, 4) is 16.9 Å². The SMILES string of the molecule is COCCNC(=O)c1ccc2nn(CC3CCN(C(=O)c4ccc(-c5ccc(OC)cc5F)cc4F)CC3)cc2c1C. The summed E-state index contributed by atoms with van der Waals surface area (Å²) in [5.74, 6) is -1.06. The number of hydrogen-bond donors (Lipinski definition) is 1. The highest BCUT2D eigenvalue weighted by atomic mass is 19.1. The third-order valence-corrected chi connectivity index (χ3v) is 7.88. The third kappa shape index (κ3) is 6.13. The van der Waals surface area contributed by atoms with E-state index in [1.165, 1.54) is 31.4 Å². The van der Waals surface area contributed by atoms with Crippen LogP contribution in [0.3, 0.4) is 0 Å². The predicted molar refractivity (Wildman–Crippen MR) is 156 cm³/mol. The number of carbonyl (C=O) groups excluding carboxylic acids is 2. The number of piperidine rings is 1. The van der Waals surface area contributed by atoms with E-state index >= 15 is 4.39 Å². The summed E-state index contributed by atoms with van der Waals surface area (Å²) in [4.78, 5) is 27.4. The molecule has 8 nitrogen and oxygen atoms in total. The standard InChI is InChI=1S/C32H34F2N4O4/c1-20-24(31(39)35-12-15-41-2)8-9-30-27(20)19-38(36-30)18-21-10-13-37(14-11-21)32(40)26-6-4-22(16-28(26)33)25-7-5-23(42-3)17-29(25)34/h4-9,16-17,19,21H,10-15,18H2,1-3H3,(H,35,39). The number of methoxy groups -OCH3 is 2. The van der Waals surface area contributed by atoms with Gasteiger partial charge in [0.15, 0.2) is 0 Å². The number of likely N-dealkylation sites (tertiary alicyclic amines) is 1. The fourth-order valence-corrected chi connectivity index (χ4v) is 5.45. The van der Waals surface area contributed by atoms with Gasteiger partial charge in [0, 0.05) is 62.1 Å². The van der Waals surface area contributed by atoms with Crippen molar-refractivity contribution in [2.45, 2.75) is 26.3 Å². The number of rotatable bonds is 9. The van der Waals surface area contributed by atoms with E-state index in [1.807, 2.05) is 23.9 Å². The molecule has 42 heavy (non-hydrogen) atoms. The molecule has 0 aliphatic carbocycles. The highest BCUT2D eigenvalue weighted by Crippen LogP contribution is 2.29. The van der Waals surface area contributed by atoms with Crippen molar-refractivity contribution in [3.05, 3.63) is 83.1 Å². The lowest BCUT2D eigenvalue weighted by atomic mass is 9.96. The summed E-state index contributed by atoms with van der Waals surface area (Å²) in [5.41, 5.74) is 2.86. The number of nitrogens with one attached hydrogen (secondary N) is 1. The Balaban J connectivity index is 1.20. The van der Waals surface area contributed by atoms with Gasteiger partial charge in [-0.15, -0.1) is 0 Å². The average molecular weight is 577 g/mol. The maximum atomic E-state index is 15.0. The first-order chi connectivity index (χ1) is 20.3. The Morgan fingerprint density at radius 1 is 1.00 bits per heavy atom. The Morgan fingerprint density at radius 3 is 2.45 bits per heavy atom. The summed E-state index contributed by atoms with van der Waals surface area (Å²) in [7, 11) is 3.04. The molecule has 1 aromatic heterocycles. The quantitative estimate of drug-likeness (QED) is 0.276. The zero-order valence-corrected chi connectivity index (χ0v) is 24.0. The molecule has 1 aliphatic rings. The Hall–Kier alpha value is -4.31. The molecule has 0 unspecified atom stereocenters. The molecule has 1 fully saturated rings. The first-order valence-corrected chi connectivity index (χ1v) is 14.0. The molecule has 3 aromatic carbocycles. The molecule has 0 radical (unpaired) electrons. The summed E-state index contributed by atoms with van der Waals surface area (Å²) in [6, 6.07) is 12.2. The Labute approximate surface area is 243 Å². The smallest absolute Gasteiger partial charge is 0.256 e. The van der Waals surface area contributed by atoms with Crippen LogP contribution in [0.25, 0.3) is 22.0 Å². The lowest BCUT2D eigenvalue weighted by Crippen LogP contribution is -2.39. The number of aryl methyl sites for hydroxylation is 1. The van der Waals surface area contributed by atoms with E-state index in [0.717, 1.165) is 29.3 Å². The van der Waals surface area contributed by atoms with E-state index in [4.69, 9.17) is 14.6 Å². The van der Waals surface area contributed by atoms with Crippen LogP contribution in [-0.4, -0.2) is 67.0 Å². The summed E-state index contributed by atoms with van der Waals surface area (Å²) < 4.78 is 41.4. The second kappa shape index (κ2) is 12.7. The van der Waals surface area contributed by atoms with Crippen LogP contribution in [0.15, 0.2) is 54.7 Å². The van der Waals surface area contributed by atoms with Crippen molar-refractivity contribution >= 4 is 22.7 Å². The molecule has 0 spiro atoms. The first-order valence-electron chi connectivity index (χ1n) is 14.0. The van der Waals surface area contributed by atoms with Gasteiger partial charge in [0.1, 0.15) is 17.4 Å². The Morgan fingerprint density at radius 2 is 1.76 bits per heavy atom. The van der Waals surface area contributed by atoms with Crippen molar-refractivity contribution in [1.82, 2.24) is 20.0 Å². The normalized spacial score (nSPS) is 13.9. The number of nitrogens with zero attached hydrogens (tertiary/aromatic N) is 3. The van der Waals surface area contributed by atoms with Gasteiger partial charge in [-0.2, -0.15) is 5.10 Å². The van der Waals surface area contributed by atoms with Gasteiger partial charge in [0.2, 0.25) is 0 Å². The number of ether oxygens (including phenoxy) is 2. The number of aromatic nitrogens is 2. The van der Waals surface area contributed by atoms with Crippen molar-refractivity contribution in [2.75, 3.05) is 40.5 Å². The second-order valence-electron chi connectivity index (χ2n) is 10.5. The number of fused-ring (bicyclic) bond motifs is 1. The monoisotopic (exact) mass is 576 g/mol. The van der Waals surface area contributed by atoms with Gasteiger partial charge in [-0.25, -0.2) is 8.78 Å². The largest absolute Gasteiger partial charge is 0.497 e. The second-order valence-corrected chi connectivity index (χ2v) is 10.5. The minimum atomic E-state index is -0.680. The maximum Gasteiger partial charge on any atom is 0.256 e. The van der Waals surface area contributed by atoms with Gasteiger partial charge in [0.05, 0.1) is 24.8 Å². The molecule has 0 saturated carbocycles. The first kappa shape index (κ1) is 29.2. The van der Waals surface area contributed by atoms with Gasteiger partial charge in [-0.1, -0.05) is 6.07 Å². The zero-order valence-electron chi connectivity index (χ0n) is 24.0. The highest BCUT2D eigenvalue weighted by Gasteiger charge is 2.26. The van der Waals surface area contributed by atoms with E-state index in [1.54, 1.807) is 30.2 Å². The summed E-state index contributed by atoms with van der Waals surface area (Å²) in [6.07, 6.45) is 3.48. The average Bonchev–Trinajstić information content (AvgIpc) is 3.40. The van der Waals surface area contributed by atoms with E-state index in [-0.39, 0.29) is 22.9 Å².